The summed E-state index contributed by atoms with van der Waals surface area (Å²) in [6.07, 6.45) is 1.24. The van der Waals surface area contributed by atoms with E-state index in [1.165, 1.54) is 25.4 Å². The molecule has 0 saturated carbocycles. The van der Waals surface area contributed by atoms with E-state index < -0.39 is 9.84 Å². The molecule has 3 aromatic rings. The first-order chi connectivity index (χ1) is 16.8. The highest BCUT2D eigenvalue weighted by Gasteiger charge is 2.28. The van der Waals surface area contributed by atoms with Gasteiger partial charge in [0.15, 0.2) is 11.5 Å². The van der Waals surface area contributed by atoms with Gasteiger partial charge in [-0.1, -0.05) is 17.7 Å². The quantitative estimate of drug-likeness (QED) is 0.522. The van der Waals surface area contributed by atoms with Gasteiger partial charge in [-0.3, -0.25) is 4.90 Å². The largest absolute Gasteiger partial charge is 0.495 e. The summed E-state index contributed by atoms with van der Waals surface area (Å²) < 4.78 is 42.5. The van der Waals surface area contributed by atoms with Crippen molar-refractivity contribution in [3.63, 3.8) is 0 Å². The van der Waals surface area contributed by atoms with Crippen LogP contribution in [0.15, 0.2) is 52.4 Å². The third-order valence-electron chi connectivity index (χ3n) is 5.97. The predicted molar refractivity (Wildman–Crippen MR) is 130 cm³/mol. The second-order valence-electron chi connectivity index (χ2n) is 8.17. The van der Waals surface area contributed by atoms with Gasteiger partial charge < -0.3 is 24.8 Å². The van der Waals surface area contributed by atoms with Crippen molar-refractivity contribution in [2.75, 3.05) is 50.7 Å². The van der Waals surface area contributed by atoms with Gasteiger partial charge in [-0.05, 0) is 35.9 Å². The van der Waals surface area contributed by atoms with Gasteiger partial charge in [0.05, 0.1) is 13.3 Å². The molecule has 2 aliphatic heterocycles. The van der Waals surface area contributed by atoms with E-state index in [-0.39, 0.29) is 33.2 Å². The molecule has 2 aromatic carbocycles. The van der Waals surface area contributed by atoms with Crippen LogP contribution in [0.3, 0.4) is 0 Å². The molecule has 1 aromatic heterocycles. The van der Waals surface area contributed by atoms with Crippen LogP contribution in [0.4, 0.5) is 11.8 Å². The number of nitrogens with two attached hydrogens (primary N) is 1. The molecular formula is C23H24ClN5O5S. The molecule has 2 aliphatic rings. The Balaban J connectivity index is 1.28. The van der Waals surface area contributed by atoms with E-state index >= 15 is 0 Å². The number of hydrogen-bond donors (Lipinski definition) is 1. The zero-order valence-electron chi connectivity index (χ0n) is 19.0. The Morgan fingerprint density at radius 2 is 1.83 bits per heavy atom. The highest BCUT2D eigenvalue weighted by atomic mass is 35.5. The van der Waals surface area contributed by atoms with Crippen LogP contribution in [0.2, 0.25) is 5.02 Å². The number of rotatable bonds is 6. The average molecular weight is 518 g/mol. The van der Waals surface area contributed by atoms with Crippen LogP contribution in [-0.2, 0) is 16.4 Å². The van der Waals surface area contributed by atoms with E-state index in [2.05, 4.69) is 14.9 Å². The van der Waals surface area contributed by atoms with Crippen LogP contribution in [-0.4, -0.2) is 63.4 Å². The fourth-order valence-electron chi connectivity index (χ4n) is 4.12. The molecule has 2 N–H and O–H groups in total. The minimum Gasteiger partial charge on any atom is -0.495 e. The summed E-state index contributed by atoms with van der Waals surface area (Å²) in [4.78, 5) is 12.6. The molecule has 0 unspecified atom stereocenters. The third kappa shape index (κ3) is 4.66. The van der Waals surface area contributed by atoms with E-state index in [1.54, 1.807) is 6.07 Å². The monoisotopic (exact) mass is 517 g/mol. The number of fused-ring (bicyclic) bond motifs is 1. The van der Waals surface area contributed by atoms with E-state index in [9.17, 15) is 8.42 Å². The van der Waals surface area contributed by atoms with E-state index in [4.69, 9.17) is 31.5 Å². The minimum absolute atomic E-state index is 0.0901. The number of piperazine rings is 1. The van der Waals surface area contributed by atoms with Gasteiger partial charge >= 0.3 is 0 Å². The number of ether oxygens (including phenoxy) is 3. The first kappa shape index (κ1) is 23.5. The molecule has 3 heterocycles. The lowest BCUT2D eigenvalue weighted by atomic mass is 10.1. The maximum absolute atomic E-state index is 13.2. The van der Waals surface area contributed by atoms with Crippen molar-refractivity contribution in [2.24, 2.45) is 0 Å². The van der Waals surface area contributed by atoms with Gasteiger partial charge in [-0.2, -0.15) is 4.98 Å². The zero-order valence-corrected chi connectivity index (χ0v) is 20.6. The molecule has 0 aliphatic carbocycles. The fourth-order valence-corrected chi connectivity index (χ4v) is 5.80. The number of anilines is 2. The molecule has 5 rings (SSSR count). The second-order valence-corrected chi connectivity index (χ2v) is 10.5. The Labute approximate surface area is 208 Å². The average Bonchev–Trinajstić information content (AvgIpc) is 3.32. The van der Waals surface area contributed by atoms with Crippen LogP contribution in [0, 0.1) is 0 Å². The number of benzene rings is 2. The summed E-state index contributed by atoms with van der Waals surface area (Å²) in [5, 5.41) is 0.263. The minimum atomic E-state index is -4.04. The van der Waals surface area contributed by atoms with Crippen LogP contribution >= 0.6 is 11.6 Å². The molecule has 1 saturated heterocycles. The first-order valence-electron chi connectivity index (χ1n) is 10.9. The van der Waals surface area contributed by atoms with Crippen LogP contribution in [0.5, 0.6) is 17.2 Å². The molecule has 0 atom stereocenters. The Morgan fingerprint density at radius 3 is 2.57 bits per heavy atom. The van der Waals surface area contributed by atoms with Gasteiger partial charge in [0.2, 0.25) is 22.6 Å². The summed E-state index contributed by atoms with van der Waals surface area (Å²) in [6, 6.07) is 10.3. The van der Waals surface area contributed by atoms with Crippen LogP contribution in [0.25, 0.3) is 0 Å². The van der Waals surface area contributed by atoms with Crippen LogP contribution in [0.1, 0.15) is 5.56 Å². The molecule has 0 spiro atoms. The lowest BCUT2D eigenvalue weighted by Crippen LogP contribution is -2.46. The number of halogens is 1. The number of sulfone groups is 1. The molecule has 184 valence electrons. The lowest BCUT2D eigenvalue weighted by molar-refractivity contribution is 0.174. The maximum Gasteiger partial charge on any atom is 0.231 e. The Morgan fingerprint density at radius 1 is 1.06 bits per heavy atom. The summed E-state index contributed by atoms with van der Waals surface area (Å²) in [7, 11) is -2.65. The van der Waals surface area contributed by atoms with Gasteiger partial charge in [0, 0.05) is 37.7 Å². The SMILES string of the molecule is COc1ccc(Cl)cc1S(=O)(=O)c1cnc(N2CCN(Cc3ccc4c(c3)OCO4)CC2)nc1N. The topological polar surface area (TPSA) is 120 Å². The van der Waals surface area contributed by atoms with Crippen molar-refractivity contribution in [2.45, 2.75) is 16.3 Å². The maximum atomic E-state index is 13.2. The smallest absolute Gasteiger partial charge is 0.231 e. The van der Waals surface area contributed by atoms with Gasteiger partial charge in [0.1, 0.15) is 21.4 Å². The van der Waals surface area contributed by atoms with E-state index in [0.717, 1.165) is 36.7 Å². The predicted octanol–water partition coefficient (Wildman–Crippen LogP) is 2.60. The summed E-state index contributed by atoms with van der Waals surface area (Å²) in [5.74, 6) is 1.97. The van der Waals surface area contributed by atoms with Crippen molar-refractivity contribution in [1.29, 1.82) is 0 Å². The number of nitrogen functional groups attached to an aromatic ring is 1. The van der Waals surface area contributed by atoms with Crippen molar-refractivity contribution >= 4 is 33.2 Å². The molecule has 35 heavy (non-hydrogen) atoms. The lowest BCUT2D eigenvalue weighted by Gasteiger charge is -2.34. The Kier molecular flexibility index (Phi) is 6.30. The molecule has 0 amide bonds. The summed E-state index contributed by atoms with van der Waals surface area (Å²) >= 11 is 6.02. The Bertz CT molecular complexity index is 1360. The van der Waals surface area contributed by atoms with E-state index in [1.807, 2.05) is 23.1 Å². The van der Waals surface area contributed by atoms with Gasteiger partial charge in [0.25, 0.3) is 0 Å². The standard InChI is InChI=1S/C23H24ClN5O5S/c1-32-18-5-3-16(24)11-20(18)35(30,31)21-12-26-23(27-22(21)25)29-8-6-28(7-9-29)13-15-2-4-17-19(10-15)34-14-33-17/h2-5,10-12H,6-9,13-14H2,1H3,(H2,25,26,27). The summed E-state index contributed by atoms with van der Waals surface area (Å²) in [6.45, 7) is 3.98. The van der Waals surface area contributed by atoms with Crippen molar-refractivity contribution in [3.8, 4) is 17.2 Å². The van der Waals surface area contributed by atoms with Crippen molar-refractivity contribution < 1.29 is 22.6 Å². The Hall–Kier alpha value is -3.28. The van der Waals surface area contributed by atoms with E-state index in [0.29, 0.717) is 19.0 Å². The van der Waals surface area contributed by atoms with Crippen molar-refractivity contribution in [3.05, 3.63) is 53.2 Å². The number of aromatic nitrogens is 2. The highest BCUT2D eigenvalue weighted by molar-refractivity contribution is 7.91. The number of hydrogen-bond acceptors (Lipinski definition) is 10. The molecule has 0 bridgehead atoms. The second kappa shape index (κ2) is 9.40. The number of nitrogens with zero attached hydrogens (tertiary/aromatic N) is 4. The molecule has 1 fully saturated rings. The zero-order chi connectivity index (χ0) is 24.6. The normalized spacial score (nSPS) is 15.9. The van der Waals surface area contributed by atoms with Crippen LogP contribution < -0.4 is 24.8 Å². The third-order valence-corrected chi connectivity index (χ3v) is 8.00. The molecule has 12 heteroatoms. The summed E-state index contributed by atoms with van der Waals surface area (Å²) in [5.41, 5.74) is 7.24. The highest BCUT2D eigenvalue weighted by Crippen LogP contribution is 2.34. The molecule has 10 nitrogen and oxygen atoms in total. The van der Waals surface area contributed by atoms with Crippen molar-refractivity contribution in [1.82, 2.24) is 14.9 Å². The fraction of sp³-hybridized carbons (Fsp3) is 0.304. The first-order valence-corrected chi connectivity index (χ1v) is 12.8. The molecule has 0 radical (unpaired) electrons. The molecular weight excluding hydrogens is 494 g/mol. The number of methoxy groups -OCH3 is 1. The van der Waals surface area contributed by atoms with Gasteiger partial charge in [-0.25, -0.2) is 13.4 Å². The van der Waals surface area contributed by atoms with Gasteiger partial charge in [-0.15, -0.1) is 0 Å².